The lowest BCUT2D eigenvalue weighted by atomic mass is 10.0. The molecule has 0 saturated carbocycles. The highest BCUT2D eigenvalue weighted by atomic mass is 16.6. The van der Waals surface area contributed by atoms with Gasteiger partial charge in [0.25, 0.3) is 5.91 Å². The Morgan fingerprint density at radius 3 is 2.56 bits per heavy atom. The second-order valence-electron chi connectivity index (χ2n) is 9.36. The van der Waals surface area contributed by atoms with Crippen molar-refractivity contribution < 1.29 is 19.1 Å². The Balaban J connectivity index is 1.37. The van der Waals surface area contributed by atoms with Crippen LogP contribution in [-0.2, 0) is 19.1 Å². The first-order valence-electron chi connectivity index (χ1n) is 13.4. The number of hydrogen-bond donors (Lipinski definition) is 3. The van der Waals surface area contributed by atoms with Crippen LogP contribution >= 0.6 is 0 Å². The van der Waals surface area contributed by atoms with E-state index >= 15 is 0 Å². The smallest absolute Gasteiger partial charge is 0.305 e. The number of benzene rings is 2. The van der Waals surface area contributed by atoms with Crippen molar-refractivity contribution in [3.05, 3.63) is 47.5 Å². The molecule has 0 unspecified atom stereocenters. The molecule has 1 heterocycles. The molecule has 0 aliphatic carbocycles. The number of carbonyl (C=O) groups is 2. The number of carbonyl (C=O) groups excluding carboxylic acids is 2. The molecule has 208 valence electrons. The van der Waals surface area contributed by atoms with Crippen molar-refractivity contribution in [2.45, 2.75) is 38.5 Å². The van der Waals surface area contributed by atoms with Gasteiger partial charge >= 0.3 is 5.97 Å². The summed E-state index contributed by atoms with van der Waals surface area (Å²) in [6.07, 6.45) is 6.96. The lowest BCUT2D eigenvalue weighted by Gasteiger charge is -2.29. The minimum absolute atomic E-state index is 0.0213. The number of piperidine rings is 1. The average Bonchev–Trinajstić information content (AvgIpc) is 2.95. The second kappa shape index (κ2) is 16.0. The van der Waals surface area contributed by atoms with Gasteiger partial charge in [0.15, 0.2) is 5.96 Å². The van der Waals surface area contributed by atoms with Crippen molar-refractivity contribution in [1.82, 2.24) is 5.32 Å². The molecule has 39 heavy (non-hydrogen) atoms. The van der Waals surface area contributed by atoms with Crippen molar-refractivity contribution in [3.63, 3.8) is 0 Å². The van der Waals surface area contributed by atoms with Crippen molar-refractivity contribution in [3.8, 4) is 6.07 Å². The summed E-state index contributed by atoms with van der Waals surface area (Å²) < 4.78 is 10.5. The van der Waals surface area contributed by atoms with Crippen LogP contribution in [0, 0.1) is 11.3 Å². The van der Waals surface area contributed by atoms with Gasteiger partial charge in [0.05, 0.1) is 13.2 Å². The second-order valence-corrected chi connectivity index (χ2v) is 9.36. The zero-order valence-corrected chi connectivity index (χ0v) is 22.4. The van der Waals surface area contributed by atoms with Crippen LogP contribution in [0.25, 0.3) is 16.8 Å². The van der Waals surface area contributed by atoms with Crippen LogP contribution in [0.2, 0.25) is 0 Å². The summed E-state index contributed by atoms with van der Waals surface area (Å²) in [6.45, 7) is 3.47. The molecule has 2 aromatic rings. The summed E-state index contributed by atoms with van der Waals surface area (Å²) in [7, 11) is 0. The van der Waals surface area contributed by atoms with Crippen LogP contribution in [0.1, 0.15) is 44.1 Å². The zero-order chi connectivity index (χ0) is 27.9. The van der Waals surface area contributed by atoms with E-state index in [0.717, 1.165) is 29.4 Å². The van der Waals surface area contributed by atoms with E-state index in [9.17, 15) is 14.9 Å². The third kappa shape index (κ3) is 10.3. The molecule has 1 aliphatic heterocycles. The molecule has 5 N–H and O–H groups in total. The highest BCUT2D eigenvalue weighted by Crippen LogP contribution is 2.26. The van der Waals surface area contributed by atoms with Gasteiger partial charge in [0.2, 0.25) is 0 Å². The van der Waals surface area contributed by atoms with Gasteiger partial charge in [-0.25, -0.2) is 0 Å². The maximum absolute atomic E-state index is 12.5. The van der Waals surface area contributed by atoms with Crippen molar-refractivity contribution >= 4 is 40.4 Å². The minimum Gasteiger partial charge on any atom is -0.463 e. The van der Waals surface area contributed by atoms with Gasteiger partial charge in [0.1, 0.15) is 18.2 Å². The molecule has 1 saturated heterocycles. The van der Waals surface area contributed by atoms with Gasteiger partial charge < -0.3 is 31.2 Å². The molecule has 10 heteroatoms. The van der Waals surface area contributed by atoms with E-state index in [1.165, 1.54) is 24.9 Å². The Labute approximate surface area is 229 Å². The lowest BCUT2D eigenvalue weighted by Crippen LogP contribution is -2.29. The molecule has 0 aromatic heterocycles. The molecule has 2 aromatic carbocycles. The van der Waals surface area contributed by atoms with Crippen molar-refractivity contribution in [2.24, 2.45) is 16.5 Å². The number of guanidine groups is 1. The van der Waals surface area contributed by atoms with Crippen LogP contribution < -0.4 is 21.7 Å². The molecule has 1 amide bonds. The molecule has 1 aliphatic rings. The number of rotatable bonds is 14. The number of nitrogens with one attached hydrogen (secondary N) is 1. The van der Waals surface area contributed by atoms with E-state index in [1.54, 1.807) is 6.08 Å². The highest BCUT2D eigenvalue weighted by molar-refractivity contribution is 6.02. The van der Waals surface area contributed by atoms with Gasteiger partial charge in [-0.05, 0) is 72.7 Å². The van der Waals surface area contributed by atoms with Crippen LogP contribution in [0.3, 0.4) is 0 Å². The van der Waals surface area contributed by atoms with Crippen LogP contribution in [0.4, 0.5) is 5.69 Å². The number of esters is 1. The molecule has 0 atom stereocenters. The van der Waals surface area contributed by atoms with Gasteiger partial charge in [-0.2, -0.15) is 5.26 Å². The molecule has 0 radical (unpaired) electrons. The van der Waals surface area contributed by atoms with E-state index in [-0.39, 0.29) is 50.3 Å². The number of nitrogens with two attached hydrogens (primary N) is 2. The maximum atomic E-state index is 12.5. The predicted octanol–water partition coefficient (Wildman–Crippen LogP) is 2.86. The minimum atomic E-state index is -0.464. The largest absolute Gasteiger partial charge is 0.463 e. The van der Waals surface area contributed by atoms with E-state index in [0.29, 0.717) is 19.4 Å². The molecule has 10 nitrogen and oxygen atoms in total. The number of amides is 1. The summed E-state index contributed by atoms with van der Waals surface area (Å²) in [5, 5.41) is 14.4. The SMILES string of the molecule is N#C/C(=C\c1ccc2cc(N3CCCCC3)ccc2c1)C(=O)NCCOCCOC(=O)CCCCN=C(N)N. The van der Waals surface area contributed by atoms with Gasteiger partial charge in [0, 0.05) is 38.3 Å². The topological polar surface area (TPSA) is 156 Å². The zero-order valence-electron chi connectivity index (χ0n) is 22.4. The van der Waals surface area contributed by atoms with Gasteiger partial charge in [-0.3, -0.25) is 14.6 Å². The predicted molar refractivity (Wildman–Crippen MR) is 153 cm³/mol. The summed E-state index contributed by atoms with van der Waals surface area (Å²) in [5.74, 6) is -0.734. The number of fused-ring (bicyclic) bond motifs is 1. The van der Waals surface area contributed by atoms with Gasteiger partial charge in [-0.1, -0.05) is 18.2 Å². The Morgan fingerprint density at radius 2 is 1.79 bits per heavy atom. The first-order valence-corrected chi connectivity index (χ1v) is 13.4. The number of ether oxygens (including phenoxy) is 2. The summed E-state index contributed by atoms with van der Waals surface area (Å²) in [4.78, 5) is 30.4. The van der Waals surface area contributed by atoms with Crippen LogP contribution in [-0.4, -0.2) is 63.8 Å². The summed E-state index contributed by atoms with van der Waals surface area (Å²) in [5.41, 5.74) is 12.5. The highest BCUT2D eigenvalue weighted by Gasteiger charge is 2.12. The maximum Gasteiger partial charge on any atom is 0.305 e. The monoisotopic (exact) mass is 534 g/mol. The number of hydrogen-bond acceptors (Lipinski definition) is 7. The van der Waals surface area contributed by atoms with E-state index in [2.05, 4.69) is 33.4 Å². The Bertz CT molecular complexity index is 1210. The van der Waals surface area contributed by atoms with E-state index < -0.39 is 5.91 Å². The van der Waals surface area contributed by atoms with Crippen LogP contribution in [0.15, 0.2) is 47.0 Å². The molecule has 3 rings (SSSR count). The normalized spacial score (nSPS) is 13.5. The number of nitriles is 1. The molecular weight excluding hydrogens is 496 g/mol. The fourth-order valence-electron chi connectivity index (χ4n) is 4.32. The van der Waals surface area contributed by atoms with E-state index in [1.807, 2.05) is 24.3 Å². The number of unbranched alkanes of at least 4 members (excludes halogenated alkanes) is 1. The third-order valence-corrected chi connectivity index (χ3v) is 6.35. The Hall–Kier alpha value is -4.10. The third-order valence-electron chi connectivity index (χ3n) is 6.35. The average molecular weight is 535 g/mol. The van der Waals surface area contributed by atoms with E-state index in [4.69, 9.17) is 20.9 Å². The fourth-order valence-corrected chi connectivity index (χ4v) is 4.32. The Morgan fingerprint density at radius 1 is 1.03 bits per heavy atom. The Kier molecular flexibility index (Phi) is 12.1. The van der Waals surface area contributed by atoms with Crippen LogP contribution in [0.5, 0.6) is 0 Å². The first kappa shape index (κ1) is 29.5. The number of aliphatic imine (C=N–C) groups is 1. The lowest BCUT2D eigenvalue weighted by molar-refractivity contribution is -0.145. The number of anilines is 1. The van der Waals surface area contributed by atoms with Gasteiger partial charge in [-0.15, -0.1) is 0 Å². The number of nitrogens with zero attached hydrogens (tertiary/aromatic N) is 3. The molecule has 0 spiro atoms. The fraction of sp³-hybridized carbons (Fsp3) is 0.448. The summed E-state index contributed by atoms with van der Waals surface area (Å²) >= 11 is 0. The molecular formula is C29H38N6O4. The molecule has 1 fully saturated rings. The first-order chi connectivity index (χ1) is 19.0. The van der Waals surface area contributed by atoms with Crippen molar-refractivity contribution in [1.29, 1.82) is 5.26 Å². The molecule has 0 bridgehead atoms. The summed E-state index contributed by atoms with van der Waals surface area (Å²) in [6, 6.07) is 14.3. The standard InChI is InChI=1S/C29H38N6O4/c30-21-25(28(37)33-12-15-38-16-17-39-27(36)6-2-3-11-34-29(31)32)19-22-7-8-24-20-26(10-9-23(24)18-22)35-13-4-1-5-14-35/h7-10,18-20H,1-6,11-17H2,(H,33,37)(H4,31,32,34)/b25-19+. The van der Waals surface area contributed by atoms with Crippen molar-refractivity contribution in [2.75, 3.05) is 50.9 Å². The quantitative estimate of drug-likeness (QED) is 0.0834.